The van der Waals surface area contributed by atoms with Gasteiger partial charge in [0.25, 0.3) is 5.91 Å². The molecule has 1 amide bonds. The summed E-state index contributed by atoms with van der Waals surface area (Å²) in [6, 6.07) is 5.31. The van der Waals surface area contributed by atoms with Crippen molar-refractivity contribution in [2.24, 2.45) is 5.92 Å². The first kappa shape index (κ1) is 15.2. The maximum atomic E-state index is 12.3. The number of benzene rings is 1. The molecular weight excluding hydrogens is 272 g/mol. The normalized spacial score (nSPS) is 17.7. The summed E-state index contributed by atoms with van der Waals surface area (Å²) < 4.78 is 0. The summed E-state index contributed by atoms with van der Waals surface area (Å²) in [5.74, 6) is 0.561. The third kappa shape index (κ3) is 3.66. The number of hydrogen-bond donors (Lipinski definition) is 2. The van der Waals surface area contributed by atoms with Crippen molar-refractivity contribution in [2.75, 3.05) is 5.73 Å². The molecule has 1 fully saturated rings. The number of nitrogen functional groups attached to an aromatic ring is 1. The van der Waals surface area contributed by atoms with Gasteiger partial charge in [0.1, 0.15) is 0 Å². The first-order valence-electron chi connectivity index (χ1n) is 7.47. The highest BCUT2D eigenvalue weighted by Crippen LogP contribution is 2.28. The van der Waals surface area contributed by atoms with Gasteiger partial charge < -0.3 is 11.1 Å². The number of nitrogens with two attached hydrogens (primary N) is 1. The summed E-state index contributed by atoms with van der Waals surface area (Å²) in [4.78, 5) is 12.3. The Kier molecular flexibility index (Phi) is 5.30. The maximum absolute atomic E-state index is 12.3. The summed E-state index contributed by atoms with van der Waals surface area (Å²) in [5, 5.41) is 3.59. The molecule has 0 spiro atoms. The molecule has 20 heavy (non-hydrogen) atoms. The third-order valence-corrected chi connectivity index (χ3v) is 4.57. The van der Waals surface area contributed by atoms with Crippen molar-refractivity contribution in [1.29, 1.82) is 0 Å². The van der Waals surface area contributed by atoms with Gasteiger partial charge in [-0.1, -0.05) is 37.8 Å². The Morgan fingerprint density at radius 2 is 2.10 bits per heavy atom. The second kappa shape index (κ2) is 6.98. The van der Waals surface area contributed by atoms with Crippen LogP contribution >= 0.6 is 11.6 Å². The molecule has 1 atom stereocenters. The second-order valence-corrected chi connectivity index (χ2v) is 6.03. The van der Waals surface area contributed by atoms with Crippen molar-refractivity contribution in [3.8, 4) is 0 Å². The van der Waals surface area contributed by atoms with E-state index in [4.69, 9.17) is 17.3 Å². The van der Waals surface area contributed by atoms with Gasteiger partial charge in [-0.25, -0.2) is 0 Å². The lowest BCUT2D eigenvalue weighted by Gasteiger charge is -2.30. The molecule has 0 saturated heterocycles. The van der Waals surface area contributed by atoms with Crippen LogP contribution in [-0.2, 0) is 0 Å². The van der Waals surface area contributed by atoms with Gasteiger partial charge in [-0.05, 0) is 43.4 Å². The van der Waals surface area contributed by atoms with Crippen molar-refractivity contribution >= 4 is 23.2 Å². The molecule has 0 radical (unpaired) electrons. The molecule has 1 aromatic carbocycles. The zero-order valence-corrected chi connectivity index (χ0v) is 12.7. The molecular formula is C16H23ClN2O. The lowest BCUT2D eigenvalue weighted by Crippen LogP contribution is -2.40. The Morgan fingerprint density at radius 1 is 1.40 bits per heavy atom. The highest BCUT2D eigenvalue weighted by atomic mass is 35.5. The number of rotatable bonds is 4. The molecule has 0 heterocycles. The predicted molar refractivity (Wildman–Crippen MR) is 84.0 cm³/mol. The van der Waals surface area contributed by atoms with Gasteiger partial charge in [0.15, 0.2) is 0 Å². The lowest BCUT2D eigenvalue weighted by molar-refractivity contribution is 0.0911. The van der Waals surface area contributed by atoms with Crippen LogP contribution in [0.3, 0.4) is 0 Å². The molecule has 1 aliphatic rings. The highest BCUT2D eigenvalue weighted by molar-refractivity contribution is 6.33. The molecule has 1 aliphatic carbocycles. The number of halogens is 1. The molecule has 0 aromatic heterocycles. The van der Waals surface area contributed by atoms with Crippen LogP contribution in [0.5, 0.6) is 0 Å². The summed E-state index contributed by atoms with van der Waals surface area (Å²) in [6.45, 7) is 2.13. The number of carbonyl (C=O) groups excluding carboxylic acids is 1. The van der Waals surface area contributed by atoms with Crippen molar-refractivity contribution in [1.82, 2.24) is 5.32 Å². The number of carbonyl (C=O) groups is 1. The second-order valence-electron chi connectivity index (χ2n) is 5.62. The third-order valence-electron chi connectivity index (χ3n) is 4.24. The summed E-state index contributed by atoms with van der Waals surface area (Å²) in [6.07, 6.45) is 7.31. The zero-order valence-electron chi connectivity index (χ0n) is 12.0. The van der Waals surface area contributed by atoms with E-state index in [1.807, 2.05) is 0 Å². The van der Waals surface area contributed by atoms with Gasteiger partial charge in [-0.2, -0.15) is 0 Å². The molecule has 2 rings (SSSR count). The minimum atomic E-state index is -0.0516. The van der Waals surface area contributed by atoms with E-state index in [2.05, 4.69) is 12.2 Å². The fourth-order valence-corrected chi connectivity index (χ4v) is 3.19. The monoisotopic (exact) mass is 294 g/mol. The van der Waals surface area contributed by atoms with Gasteiger partial charge in [-0.15, -0.1) is 0 Å². The standard InChI is InChI=1S/C16H23ClN2O/c1-2-15(11-6-4-3-5-7-11)19-16(20)12-8-9-14(18)13(17)10-12/h8-11,15H,2-7,18H2,1H3,(H,19,20). The van der Waals surface area contributed by atoms with Crippen LogP contribution in [0, 0.1) is 5.92 Å². The van der Waals surface area contributed by atoms with E-state index in [0.717, 1.165) is 6.42 Å². The average molecular weight is 295 g/mol. The van der Waals surface area contributed by atoms with E-state index >= 15 is 0 Å². The maximum Gasteiger partial charge on any atom is 0.251 e. The Hall–Kier alpha value is -1.22. The summed E-state index contributed by atoms with van der Waals surface area (Å²) >= 11 is 5.97. The van der Waals surface area contributed by atoms with E-state index in [-0.39, 0.29) is 11.9 Å². The van der Waals surface area contributed by atoms with Crippen molar-refractivity contribution < 1.29 is 4.79 Å². The van der Waals surface area contributed by atoms with Gasteiger partial charge in [0, 0.05) is 11.6 Å². The van der Waals surface area contributed by atoms with Gasteiger partial charge in [-0.3, -0.25) is 4.79 Å². The van der Waals surface area contributed by atoms with Crippen LogP contribution in [0.15, 0.2) is 18.2 Å². The molecule has 3 N–H and O–H groups in total. The Morgan fingerprint density at radius 3 is 2.70 bits per heavy atom. The summed E-state index contributed by atoms with van der Waals surface area (Å²) in [5.41, 5.74) is 6.75. The van der Waals surface area contributed by atoms with E-state index < -0.39 is 0 Å². The first-order valence-corrected chi connectivity index (χ1v) is 7.85. The smallest absolute Gasteiger partial charge is 0.251 e. The van der Waals surface area contributed by atoms with Gasteiger partial charge in [0.05, 0.1) is 10.7 Å². The Labute approximate surface area is 125 Å². The largest absolute Gasteiger partial charge is 0.398 e. The van der Waals surface area contributed by atoms with Gasteiger partial charge in [0.2, 0.25) is 0 Å². The van der Waals surface area contributed by atoms with Crippen molar-refractivity contribution in [2.45, 2.75) is 51.5 Å². The molecule has 0 bridgehead atoms. The summed E-state index contributed by atoms with van der Waals surface area (Å²) in [7, 11) is 0. The molecule has 1 unspecified atom stereocenters. The number of nitrogens with one attached hydrogen (secondary N) is 1. The molecule has 3 nitrogen and oxygen atoms in total. The number of anilines is 1. The van der Waals surface area contributed by atoms with Crippen LogP contribution < -0.4 is 11.1 Å². The lowest BCUT2D eigenvalue weighted by atomic mass is 9.83. The Balaban J connectivity index is 2.02. The van der Waals surface area contributed by atoms with Gasteiger partial charge >= 0.3 is 0 Å². The topological polar surface area (TPSA) is 55.1 Å². The average Bonchev–Trinajstić information content (AvgIpc) is 2.48. The fourth-order valence-electron chi connectivity index (χ4n) is 3.01. The quantitative estimate of drug-likeness (QED) is 0.824. The molecule has 1 aromatic rings. The van der Waals surface area contributed by atoms with Crippen LogP contribution in [0.2, 0.25) is 5.02 Å². The molecule has 4 heteroatoms. The predicted octanol–water partition coefficient (Wildman–Crippen LogP) is 4.01. The number of amides is 1. The van der Waals surface area contributed by atoms with Crippen LogP contribution in [-0.4, -0.2) is 11.9 Å². The minimum absolute atomic E-state index is 0.0516. The zero-order chi connectivity index (χ0) is 14.5. The van der Waals surface area contributed by atoms with Crippen LogP contribution in [0.1, 0.15) is 55.8 Å². The number of hydrogen-bond acceptors (Lipinski definition) is 2. The molecule has 1 saturated carbocycles. The van der Waals surface area contributed by atoms with E-state index in [9.17, 15) is 4.79 Å². The SMILES string of the molecule is CCC(NC(=O)c1ccc(N)c(Cl)c1)C1CCCCC1. The highest BCUT2D eigenvalue weighted by Gasteiger charge is 2.24. The molecule has 0 aliphatic heterocycles. The van der Waals surface area contributed by atoms with Crippen molar-refractivity contribution in [3.63, 3.8) is 0 Å². The Bertz CT molecular complexity index is 470. The van der Waals surface area contributed by atoms with E-state index in [0.29, 0.717) is 22.2 Å². The van der Waals surface area contributed by atoms with Crippen LogP contribution in [0.4, 0.5) is 5.69 Å². The van der Waals surface area contributed by atoms with Crippen LogP contribution in [0.25, 0.3) is 0 Å². The molecule has 110 valence electrons. The first-order chi connectivity index (χ1) is 9.61. The van der Waals surface area contributed by atoms with E-state index in [1.165, 1.54) is 32.1 Å². The van der Waals surface area contributed by atoms with Crippen molar-refractivity contribution in [3.05, 3.63) is 28.8 Å². The fraction of sp³-hybridized carbons (Fsp3) is 0.562. The van der Waals surface area contributed by atoms with E-state index in [1.54, 1.807) is 18.2 Å². The minimum Gasteiger partial charge on any atom is -0.398 e.